The van der Waals surface area contributed by atoms with Gasteiger partial charge < -0.3 is 25.4 Å². The fourth-order valence-electron chi connectivity index (χ4n) is 4.77. The molecule has 1 aliphatic heterocycles. The number of anilines is 3. The van der Waals surface area contributed by atoms with Gasteiger partial charge in [-0.25, -0.2) is 19.0 Å². The van der Waals surface area contributed by atoms with Crippen LogP contribution in [-0.2, 0) is 6.54 Å². The third kappa shape index (κ3) is 7.44. The summed E-state index contributed by atoms with van der Waals surface area (Å²) in [4.78, 5) is 12.1. The van der Waals surface area contributed by atoms with Crippen molar-refractivity contribution in [3.63, 3.8) is 0 Å². The van der Waals surface area contributed by atoms with Crippen LogP contribution in [0.5, 0.6) is 11.5 Å². The van der Waals surface area contributed by atoms with E-state index in [-0.39, 0.29) is 47.0 Å². The highest BCUT2D eigenvalue weighted by Crippen LogP contribution is 2.34. The third-order valence-electron chi connectivity index (χ3n) is 5.74. The lowest BCUT2D eigenvalue weighted by molar-refractivity contribution is -0.0514. The Labute approximate surface area is 213 Å². The molecule has 3 heterocycles. The second-order valence-electron chi connectivity index (χ2n) is 10.2. The van der Waals surface area contributed by atoms with Gasteiger partial charge >= 0.3 is 6.61 Å². The lowest BCUT2D eigenvalue weighted by atomic mass is 9.79. The van der Waals surface area contributed by atoms with Crippen molar-refractivity contribution in [1.29, 1.82) is 0 Å². The van der Waals surface area contributed by atoms with Gasteiger partial charge in [0, 0.05) is 28.9 Å². The first-order valence-corrected chi connectivity index (χ1v) is 11.9. The van der Waals surface area contributed by atoms with E-state index in [1.54, 1.807) is 10.7 Å². The van der Waals surface area contributed by atoms with E-state index in [4.69, 9.17) is 4.74 Å². The number of benzene rings is 1. The lowest BCUT2D eigenvalue weighted by Gasteiger charge is -2.46. The topological polar surface area (TPSA) is 111 Å². The van der Waals surface area contributed by atoms with Gasteiger partial charge in [0.15, 0.2) is 23.1 Å². The van der Waals surface area contributed by atoms with Crippen LogP contribution in [0.1, 0.15) is 40.5 Å². The monoisotopic (exact) mass is 520 g/mol. The van der Waals surface area contributed by atoms with Gasteiger partial charge in [0.05, 0.1) is 12.7 Å². The van der Waals surface area contributed by atoms with E-state index >= 15 is 0 Å². The minimum atomic E-state index is -3.05. The molecule has 1 fully saturated rings. The van der Waals surface area contributed by atoms with Crippen molar-refractivity contribution in [2.24, 2.45) is 0 Å². The van der Waals surface area contributed by atoms with Crippen molar-refractivity contribution >= 4 is 17.5 Å². The Morgan fingerprint density at radius 3 is 2.59 bits per heavy atom. The Bertz CT molecular complexity index is 1170. The molecule has 13 heteroatoms. The molecular formula is C24H31F3N8O2. The average molecular weight is 521 g/mol. The van der Waals surface area contributed by atoms with Crippen molar-refractivity contribution in [2.75, 3.05) is 17.2 Å². The summed E-state index contributed by atoms with van der Waals surface area (Å²) in [6, 6.07) is 4.42. The zero-order chi connectivity index (χ0) is 26.6. The summed E-state index contributed by atoms with van der Waals surface area (Å²) in [6.07, 6.45) is 5.52. The van der Waals surface area contributed by atoms with Crippen molar-refractivity contribution in [1.82, 2.24) is 30.0 Å². The zero-order valence-electron chi connectivity index (χ0n) is 21.1. The molecule has 0 amide bonds. The van der Waals surface area contributed by atoms with Crippen LogP contribution in [-0.4, -0.2) is 55.1 Å². The lowest BCUT2D eigenvalue weighted by Crippen LogP contribution is -2.60. The molecule has 10 nitrogen and oxygen atoms in total. The molecule has 1 aliphatic rings. The molecule has 1 aromatic carbocycles. The number of halogens is 3. The van der Waals surface area contributed by atoms with Crippen molar-refractivity contribution in [3.8, 4) is 11.5 Å². The van der Waals surface area contributed by atoms with E-state index in [9.17, 15) is 13.2 Å². The Morgan fingerprint density at radius 2 is 1.92 bits per heavy atom. The van der Waals surface area contributed by atoms with Gasteiger partial charge in [0.2, 0.25) is 5.95 Å². The minimum absolute atomic E-state index is 0.0106. The highest BCUT2D eigenvalue weighted by Gasteiger charge is 2.38. The van der Waals surface area contributed by atoms with Crippen LogP contribution in [0, 0.1) is 5.82 Å². The van der Waals surface area contributed by atoms with Crippen LogP contribution in [0.3, 0.4) is 0 Å². The van der Waals surface area contributed by atoms with E-state index in [1.807, 2.05) is 0 Å². The van der Waals surface area contributed by atoms with Gasteiger partial charge in [0.1, 0.15) is 19.3 Å². The summed E-state index contributed by atoms with van der Waals surface area (Å²) in [5, 5.41) is 13.7. The normalized spacial score (nSPS) is 17.0. The minimum Gasteiger partial charge on any atom is -0.488 e. The van der Waals surface area contributed by atoms with Gasteiger partial charge in [-0.2, -0.15) is 18.9 Å². The van der Waals surface area contributed by atoms with E-state index in [1.165, 1.54) is 24.8 Å². The van der Waals surface area contributed by atoms with Gasteiger partial charge in [-0.3, -0.25) is 0 Å². The Morgan fingerprint density at radius 1 is 1.16 bits per heavy atom. The molecule has 0 saturated carbocycles. The molecule has 0 radical (unpaired) electrons. The maximum absolute atomic E-state index is 14.6. The smallest absolute Gasteiger partial charge is 0.387 e. The Hall–Kier alpha value is -3.61. The van der Waals surface area contributed by atoms with Crippen LogP contribution >= 0.6 is 0 Å². The van der Waals surface area contributed by atoms with Crippen LogP contribution in [0.4, 0.5) is 30.6 Å². The zero-order valence-corrected chi connectivity index (χ0v) is 21.1. The highest BCUT2D eigenvalue weighted by atomic mass is 19.3. The second kappa shape index (κ2) is 10.8. The number of rotatable bonds is 10. The quantitative estimate of drug-likeness (QED) is 0.359. The van der Waals surface area contributed by atoms with Gasteiger partial charge in [-0.1, -0.05) is 0 Å². The number of nitrogens with one attached hydrogen (secondary N) is 3. The summed E-state index contributed by atoms with van der Waals surface area (Å²) in [5.74, 6) is -0.465. The number of alkyl halides is 2. The number of hydrogen-bond donors (Lipinski definition) is 3. The molecule has 200 valence electrons. The molecule has 0 atom stereocenters. The SMILES string of the molecule is CC1(C)CC(Nc2nc(Nc3ccc(OCCn4cncn4)c(OC(F)F)c3)ncc2F)CC(C)(C)N1. The van der Waals surface area contributed by atoms with Crippen LogP contribution in [0.15, 0.2) is 37.1 Å². The molecule has 0 aliphatic carbocycles. The predicted octanol–water partition coefficient (Wildman–Crippen LogP) is 4.35. The Balaban J connectivity index is 1.46. The number of piperidine rings is 1. The maximum atomic E-state index is 14.6. The fourth-order valence-corrected chi connectivity index (χ4v) is 4.77. The van der Waals surface area contributed by atoms with E-state index in [0.717, 1.165) is 19.0 Å². The van der Waals surface area contributed by atoms with Crippen molar-refractivity contribution in [3.05, 3.63) is 42.9 Å². The first-order chi connectivity index (χ1) is 17.5. The summed E-state index contributed by atoms with van der Waals surface area (Å²) in [6.45, 7) is 5.90. The van der Waals surface area contributed by atoms with Crippen LogP contribution in [0.2, 0.25) is 0 Å². The first-order valence-electron chi connectivity index (χ1n) is 11.9. The molecule has 3 aromatic rings. The molecule has 0 unspecified atom stereocenters. The standard InChI is InChI=1S/C24H31F3N8O2/c1-23(2)10-16(11-24(3,4)34-23)31-20-17(25)12-29-22(33-20)32-15-5-6-18(19(9-15)37-21(26)27)36-8-7-35-14-28-13-30-35/h5-6,9,12-14,16,21,34H,7-8,10-11H2,1-4H3,(H2,29,31,32,33). The maximum Gasteiger partial charge on any atom is 0.387 e. The van der Waals surface area contributed by atoms with Crippen molar-refractivity contribution in [2.45, 2.75) is 70.8 Å². The first kappa shape index (κ1) is 26.5. The molecule has 3 N–H and O–H groups in total. The molecule has 4 rings (SSSR count). The summed E-state index contributed by atoms with van der Waals surface area (Å²) < 4.78 is 52.4. The second-order valence-corrected chi connectivity index (χ2v) is 10.2. The van der Waals surface area contributed by atoms with Gasteiger partial charge in [-0.15, -0.1) is 0 Å². The molecule has 37 heavy (non-hydrogen) atoms. The summed E-state index contributed by atoms with van der Waals surface area (Å²) >= 11 is 0. The number of nitrogens with zero attached hydrogens (tertiary/aromatic N) is 5. The highest BCUT2D eigenvalue weighted by molar-refractivity contribution is 5.60. The largest absolute Gasteiger partial charge is 0.488 e. The van der Waals surface area contributed by atoms with Crippen LogP contribution in [0.25, 0.3) is 0 Å². The summed E-state index contributed by atoms with van der Waals surface area (Å²) in [5.41, 5.74) is 0.0926. The summed E-state index contributed by atoms with van der Waals surface area (Å²) in [7, 11) is 0. The molecular weight excluding hydrogens is 489 g/mol. The van der Waals surface area contributed by atoms with E-state index in [0.29, 0.717) is 12.2 Å². The predicted molar refractivity (Wildman–Crippen MR) is 132 cm³/mol. The van der Waals surface area contributed by atoms with Crippen molar-refractivity contribution < 1.29 is 22.6 Å². The molecule has 0 spiro atoms. The molecule has 1 saturated heterocycles. The molecule has 0 bridgehead atoms. The number of hydrogen-bond acceptors (Lipinski definition) is 9. The van der Waals surface area contributed by atoms with E-state index < -0.39 is 12.4 Å². The fraction of sp³-hybridized carbons (Fsp3) is 0.500. The Kier molecular flexibility index (Phi) is 7.71. The van der Waals surface area contributed by atoms with Gasteiger partial charge in [0.25, 0.3) is 0 Å². The third-order valence-corrected chi connectivity index (χ3v) is 5.74. The van der Waals surface area contributed by atoms with Crippen LogP contribution < -0.4 is 25.4 Å². The number of aromatic nitrogens is 5. The van der Waals surface area contributed by atoms with Gasteiger partial charge in [-0.05, 0) is 52.7 Å². The molecule has 2 aromatic heterocycles. The average Bonchev–Trinajstić information content (AvgIpc) is 3.28. The number of ether oxygens (including phenoxy) is 2. The van der Waals surface area contributed by atoms with E-state index in [2.05, 4.69) is 68.4 Å².